The number of carbonyl (C=O) groups excluding carboxylic acids is 2. The van der Waals surface area contributed by atoms with Gasteiger partial charge in [0.05, 0.1) is 19.3 Å². The predicted molar refractivity (Wildman–Crippen MR) is 83.5 cm³/mol. The van der Waals surface area contributed by atoms with Gasteiger partial charge in [0.2, 0.25) is 0 Å². The lowest BCUT2D eigenvalue weighted by Crippen LogP contribution is -2.25. The van der Waals surface area contributed by atoms with Gasteiger partial charge in [0.1, 0.15) is 5.82 Å². The number of carbonyl (C=O) groups is 2. The second kappa shape index (κ2) is 9.40. The fourth-order valence-corrected chi connectivity index (χ4v) is 2.21. The van der Waals surface area contributed by atoms with Gasteiger partial charge in [-0.1, -0.05) is 29.3 Å². The van der Waals surface area contributed by atoms with E-state index in [1.165, 1.54) is 13.2 Å². The highest BCUT2D eigenvalue weighted by atomic mass is 79.9. The van der Waals surface area contributed by atoms with Crippen LogP contribution in [0, 0.1) is 5.82 Å². The molecule has 0 aliphatic carbocycles. The number of alkyl halides is 1. The maximum atomic E-state index is 14.0. The number of rotatable bonds is 7. The van der Waals surface area contributed by atoms with Gasteiger partial charge in [-0.15, -0.1) is 0 Å². The van der Waals surface area contributed by atoms with Crippen LogP contribution < -0.4 is 5.32 Å². The van der Waals surface area contributed by atoms with Crippen molar-refractivity contribution < 1.29 is 23.5 Å². The van der Waals surface area contributed by atoms with Crippen LogP contribution >= 0.6 is 15.9 Å². The first-order valence-electron chi connectivity index (χ1n) is 6.89. The van der Waals surface area contributed by atoms with E-state index in [0.717, 1.165) is 18.9 Å². The molecule has 0 saturated carbocycles. The van der Waals surface area contributed by atoms with E-state index in [-0.39, 0.29) is 17.7 Å². The zero-order valence-electron chi connectivity index (χ0n) is 12.6. The number of hydrogen-bond donors (Lipinski definition) is 1. The number of benzene rings is 1. The zero-order valence-corrected chi connectivity index (χ0v) is 14.2. The average molecular weight is 376 g/mol. The SMILES string of the molecule is CCCCOC(=O)NCc1cc(CBr)c(C(=O)OC)cc1F. The molecule has 1 amide bonds. The van der Waals surface area contributed by atoms with Crippen LogP contribution in [0.25, 0.3) is 0 Å². The molecule has 0 bridgehead atoms. The highest BCUT2D eigenvalue weighted by Crippen LogP contribution is 2.19. The lowest BCUT2D eigenvalue weighted by atomic mass is 10.0. The molecule has 0 heterocycles. The smallest absolute Gasteiger partial charge is 0.407 e. The molecule has 0 unspecified atom stereocenters. The summed E-state index contributed by atoms with van der Waals surface area (Å²) in [5, 5.41) is 2.85. The first-order chi connectivity index (χ1) is 10.5. The third kappa shape index (κ3) is 5.29. The van der Waals surface area contributed by atoms with Crippen molar-refractivity contribution in [2.24, 2.45) is 0 Å². The molecule has 0 saturated heterocycles. The Morgan fingerprint density at radius 1 is 1.32 bits per heavy atom. The van der Waals surface area contributed by atoms with Crippen LogP contribution in [-0.4, -0.2) is 25.8 Å². The summed E-state index contributed by atoms with van der Waals surface area (Å²) in [7, 11) is 1.24. The zero-order chi connectivity index (χ0) is 16.5. The molecular formula is C15H19BrFNO4. The summed E-state index contributed by atoms with van der Waals surface area (Å²) in [6.07, 6.45) is 1.11. The van der Waals surface area contributed by atoms with Crippen molar-refractivity contribution in [3.8, 4) is 0 Å². The van der Waals surface area contributed by atoms with Gasteiger partial charge in [0.25, 0.3) is 0 Å². The standard InChI is InChI=1S/C15H19BrFNO4/c1-3-4-5-22-15(20)18-9-11-6-10(8-16)12(7-13(11)17)14(19)21-2/h6-7H,3-5,8-9H2,1-2H3,(H,18,20). The summed E-state index contributed by atoms with van der Waals surface area (Å²) in [6, 6.07) is 2.63. The molecule has 22 heavy (non-hydrogen) atoms. The van der Waals surface area contributed by atoms with Crippen molar-refractivity contribution in [1.82, 2.24) is 5.32 Å². The topological polar surface area (TPSA) is 64.6 Å². The van der Waals surface area contributed by atoms with E-state index in [4.69, 9.17) is 4.74 Å². The van der Waals surface area contributed by atoms with Crippen LogP contribution in [0.5, 0.6) is 0 Å². The Labute approximate surface area is 137 Å². The van der Waals surface area contributed by atoms with Gasteiger partial charge >= 0.3 is 12.1 Å². The van der Waals surface area contributed by atoms with Crippen LogP contribution in [0.1, 0.15) is 41.3 Å². The second-order valence-corrected chi connectivity index (χ2v) is 5.13. The molecule has 1 N–H and O–H groups in total. The minimum absolute atomic E-state index is 0.0156. The van der Waals surface area contributed by atoms with Crippen LogP contribution in [0.4, 0.5) is 9.18 Å². The van der Waals surface area contributed by atoms with Gasteiger partial charge < -0.3 is 14.8 Å². The minimum atomic E-state index is -0.605. The molecule has 0 spiro atoms. The first-order valence-corrected chi connectivity index (χ1v) is 8.01. The maximum absolute atomic E-state index is 14.0. The monoisotopic (exact) mass is 375 g/mol. The van der Waals surface area contributed by atoms with E-state index in [1.54, 1.807) is 0 Å². The predicted octanol–water partition coefficient (Wildman–Crippen LogP) is 3.53. The summed E-state index contributed by atoms with van der Waals surface area (Å²) in [5.74, 6) is -1.19. The van der Waals surface area contributed by atoms with E-state index < -0.39 is 17.9 Å². The maximum Gasteiger partial charge on any atom is 0.407 e. The van der Waals surface area contributed by atoms with Crippen LogP contribution in [0.2, 0.25) is 0 Å². The fraction of sp³-hybridized carbons (Fsp3) is 0.467. The Bertz CT molecular complexity index is 537. The van der Waals surface area contributed by atoms with Gasteiger partial charge in [0.15, 0.2) is 0 Å². The van der Waals surface area contributed by atoms with Crippen LogP contribution in [0.3, 0.4) is 0 Å². The largest absolute Gasteiger partial charge is 0.465 e. The molecule has 1 rings (SSSR count). The number of halogens is 2. The normalized spacial score (nSPS) is 10.2. The van der Waals surface area contributed by atoms with Crippen molar-refractivity contribution in [3.63, 3.8) is 0 Å². The molecule has 0 atom stereocenters. The van der Waals surface area contributed by atoms with Crippen molar-refractivity contribution in [2.45, 2.75) is 31.6 Å². The van der Waals surface area contributed by atoms with Gasteiger partial charge in [-0.3, -0.25) is 0 Å². The molecule has 0 fully saturated rings. The van der Waals surface area contributed by atoms with E-state index in [9.17, 15) is 14.0 Å². The lowest BCUT2D eigenvalue weighted by Gasteiger charge is -2.11. The number of ether oxygens (including phenoxy) is 2. The quantitative estimate of drug-likeness (QED) is 0.449. The number of unbranched alkanes of at least 4 members (excludes halogenated alkanes) is 1. The lowest BCUT2D eigenvalue weighted by molar-refractivity contribution is 0.0599. The van der Waals surface area contributed by atoms with E-state index in [1.807, 2.05) is 6.92 Å². The number of esters is 1. The number of methoxy groups -OCH3 is 1. The average Bonchev–Trinajstić information content (AvgIpc) is 2.52. The summed E-state index contributed by atoms with van der Waals surface area (Å²) in [5.41, 5.74) is 1.02. The number of hydrogen-bond acceptors (Lipinski definition) is 4. The second-order valence-electron chi connectivity index (χ2n) is 4.57. The Hall–Kier alpha value is -1.63. The van der Waals surface area contributed by atoms with E-state index in [0.29, 0.717) is 17.5 Å². The summed E-state index contributed by atoms with van der Waals surface area (Å²) >= 11 is 3.24. The number of nitrogens with one attached hydrogen (secondary N) is 1. The van der Waals surface area contributed by atoms with Gasteiger partial charge in [-0.25, -0.2) is 14.0 Å². The summed E-state index contributed by atoms with van der Waals surface area (Å²) < 4.78 is 23.5. The molecule has 1 aromatic rings. The molecule has 122 valence electrons. The molecular weight excluding hydrogens is 357 g/mol. The van der Waals surface area contributed by atoms with Crippen LogP contribution in [0.15, 0.2) is 12.1 Å². The summed E-state index contributed by atoms with van der Waals surface area (Å²) in [6.45, 7) is 2.30. The van der Waals surface area contributed by atoms with E-state index >= 15 is 0 Å². The molecule has 0 radical (unpaired) electrons. The van der Waals surface area contributed by atoms with Gasteiger partial charge in [0, 0.05) is 17.4 Å². The molecule has 0 aromatic heterocycles. The number of alkyl carbamates (subject to hydrolysis) is 1. The minimum Gasteiger partial charge on any atom is -0.465 e. The molecule has 7 heteroatoms. The Morgan fingerprint density at radius 3 is 2.64 bits per heavy atom. The Morgan fingerprint density at radius 2 is 2.05 bits per heavy atom. The third-order valence-electron chi connectivity index (χ3n) is 2.98. The fourth-order valence-electron chi connectivity index (χ4n) is 1.74. The summed E-state index contributed by atoms with van der Waals surface area (Å²) in [4.78, 5) is 23.0. The number of amides is 1. The molecule has 1 aromatic carbocycles. The molecule has 5 nitrogen and oxygen atoms in total. The third-order valence-corrected chi connectivity index (χ3v) is 3.58. The van der Waals surface area contributed by atoms with Crippen molar-refractivity contribution in [3.05, 3.63) is 34.6 Å². The highest BCUT2D eigenvalue weighted by molar-refractivity contribution is 9.08. The Balaban J connectivity index is 2.75. The van der Waals surface area contributed by atoms with Crippen LogP contribution in [-0.2, 0) is 21.3 Å². The van der Waals surface area contributed by atoms with Crippen molar-refractivity contribution in [2.75, 3.05) is 13.7 Å². The Kier molecular flexibility index (Phi) is 7.87. The van der Waals surface area contributed by atoms with Gasteiger partial charge in [-0.2, -0.15) is 0 Å². The first kappa shape index (κ1) is 18.4. The van der Waals surface area contributed by atoms with Crippen molar-refractivity contribution in [1.29, 1.82) is 0 Å². The van der Waals surface area contributed by atoms with Crippen molar-refractivity contribution >= 4 is 28.0 Å². The van der Waals surface area contributed by atoms with Gasteiger partial charge in [-0.05, 0) is 24.1 Å². The molecule has 0 aliphatic rings. The highest BCUT2D eigenvalue weighted by Gasteiger charge is 2.16. The molecule has 0 aliphatic heterocycles. The van der Waals surface area contributed by atoms with E-state index in [2.05, 4.69) is 26.0 Å².